The Labute approximate surface area is 194 Å². The lowest BCUT2D eigenvalue weighted by Crippen LogP contribution is -2.33. The highest BCUT2D eigenvalue weighted by atomic mass is 35.5. The van der Waals surface area contributed by atoms with E-state index in [1.165, 1.54) is 30.3 Å². The van der Waals surface area contributed by atoms with Crippen molar-refractivity contribution in [1.29, 1.82) is 0 Å². The number of hydrogen-bond acceptors (Lipinski definition) is 4. The summed E-state index contributed by atoms with van der Waals surface area (Å²) in [7, 11) is 0. The Balaban J connectivity index is 1.51. The molecule has 3 aromatic rings. The van der Waals surface area contributed by atoms with E-state index in [1.54, 1.807) is 30.3 Å². The minimum absolute atomic E-state index is 0.0499. The third-order valence-corrected chi connectivity index (χ3v) is 5.73. The minimum Gasteiger partial charge on any atom is -0.350 e. The van der Waals surface area contributed by atoms with Crippen LogP contribution >= 0.6 is 11.6 Å². The Morgan fingerprint density at radius 1 is 0.909 bits per heavy atom. The van der Waals surface area contributed by atoms with Crippen LogP contribution in [-0.4, -0.2) is 17.7 Å². The first kappa shape index (κ1) is 22.2. The highest BCUT2D eigenvalue weighted by Gasteiger charge is 2.39. The molecule has 0 spiro atoms. The van der Waals surface area contributed by atoms with Gasteiger partial charge in [-0.2, -0.15) is 0 Å². The monoisotopic (exact) mass is 463 g/mol. The van der Waals surface area contributed by atoms with Gasteiger partial charge in [0.05, 0.1) is 11.4 Å². The van der Waals surface area contributed by atoms with Crippen molar-refractivity contribution in [3.8, 4) is 0 Å². The maximum absolute atomic E-state index is 13.8. The van der Waals surface area contributed by atoms with Crippen LogP contribution in [0.15, 0.2) is 77.5 Å². The molecule has 3 aromatic carbocycles. The summed E-state index contributed by atoms with van der Waals surface area (Å²) in [5.74, 6) is -2.21. The van der Waals surface area contributed by atoms with Crippen molar-refractivity contribution in [2.75, 3.05) is 15.5 Å². The maximum atomic E-state index is 13.8. The van der Waals surface area contributed by atoms with E-state index < -0.39 is 23.5 Å². The number of carbonyl (C=O) groups excluding carboxylic acids is 3. The van der Waals surface area contributed by atoms with Gasteiger partial charge in [-0.25, -0.2) is 9.29 Å². The molecule has 0 aromatic heterocycles. The van der Waals surface area contributed by atoms with Crippen molar-refractivity contribution in [2.24, 2.45) is 0 Å². The van der Waals surface area contributed by atoms with Gasteiger partial charge in [-0.15, -0.1) is 0 Å². The van der Waals surface area contributed by atoms with Crippen LogP contribution in [0, 0.1) is 19.7 Å². The van der Waals surface area contributed by atoms with Gasteiger partial charge in [0.25, 0.3) is 17.7 Å². The number of aryl methyl sites for hydroxylation is 1. The van der Waals surface area contributed by atoms with Gasteiger partial charge in [0.2, 0.25) is 0 Å². The smallest absolute Gasteiger partial charge is 0.283 e. The Kier molecular flexibility index (Phi) is 5.98. The molecule has 1 aliphatic heterocycles. The largest absolute Gasteiger partial charge is 0.350 e. The second-order valence-corrected chi connectivity index (χ2v) is 7.87. The van der Waals surface area contributed by atoms with E-state index >= 15 is 0 Å². The first-order chi connectivity index (χ1) is 15.8. The summed E-state index contributed by atoms with van der Waals surface area (Å²) < 4.78 is 13.8. The molecular formula is C25H19ClFN3O3. The second-order valence-electron chi connectivity index (χ2n) is 7.49. The summed E-state index contributed by atoms with van der Waals surface area (Å²) in [6, 6.07) is 17.3. The highest BCUT2D eigenvalue weighted by Crippen LogP contribution is 2.33. The van der Waals surface area contributed by atoms with E-state index in [4.69, 9.17) is 11.6 Å². The van der Waals surface area contributed by atoms with Crippen LogP contribution in [0.2, 0.25) is 0 Å². The molecule has 0 saturated heterocycles. The molecule has 2 N–H and O–H groups in total. The molecule has 0 fully saturated rings. The van der Waals surface area contributed by atoms with Crippen LogP contribution in [0.1, 0.15) is 21.5 Å². The van der Waals surface area contributed by atoms with Gasteiger partial charge in [-0.3, -0.25) is 14.4 Å². The molecule has 0 unspecified atom stereocenters. The SMILES string of the molecule is Cc1cccc(N2C(=O)C(Cl)=C(Nc3ccc(C(=O)Nc4ccccc4F)cc3)C2=O)c1C. The summed E-state index contributed by atoms with van der Waals surface area (Å²) in [5.41, 5.74) is 2.98. The number of hydrogen-bond donors (Lipinski definition) is 2. The zero-order valence-corrected chi connectivity index (χ0v) is 18.5. The average Bonchev–Trinajstić information content (AvgIpc) is 3.01. The summed E-state index contributed by atoms with van der Waals surface area (Å²) in [6.45, 7) is 3.72. The number of para-hydroxylation sites is 1. The molecule has 1 aliphatic rings. The summed E-state index contributed by atoms with van der Waals surface area (Å²) in [6.07, 6.45) is 0. The van der Waals surface area contributed by atoms with E-state index in [-0.39, 0.29) is 22.0 Å². The summed E-state index contributed by atoms with van der Waals surface area (Å²) in [5, 5.41) is 5.16. The molecule has 0 aliphatic carbocycles. The number of rotatable bonds is 5. The van der Waals surface area contributed by atoms with Crippen LogP contribution in [0.3, 0.4) is 0 Å². The Morgan fingerprint density at radius 3 is 2.30 bits per heavy atom. The number of carbonyl (C=O) groups is 3. The lowest BCUT2D eigenvalue weighted by atomic mass is 10.1. The Morgan fingerprint density at radius 2 is 1.61 bits per heavy atom. The van der Waals surface area contributed by atoms with Gasteiger partial charge in [0.15, 0.2) is 0 Å². The van der Waals surface area contributed by atoms with Crippen molar-refractivity contribution >= 4 is 46.4 Å². The zero-order valence-electron chi connectivity index (χ0n) is 17.8. The molecule has 4 rings (SSSR count). The molecule has 0 radical (unpaired) electrons. The first-order valence-electron chi connectivity index (χ1n) is 10.1. The van der Waals surface area contributed by atoms with E-state index in [2.05, 4.69) is 10.6 Å². The van der Waals surface area contributed by atoms with Crippen molar-refractivity contribution in [2.45, 2.75) is 13.8 Å². The molecule has 0 saturated carbocycles. The quantitative estimate of drug-likeness (QED) is 0.514. The average molecular weight is 464 g/mol. The van der Waals surface area contributed by atoms with E-state index in [9.17, 15) is 18.8 Å². The van der Waals surface area contributed by atoms with Gasteiger partial charge in [0.1, 0.15) is 16.5 Å². The zero-order chi connectivity index (χ0) is 23.7. The van der Waals surface area contributed by atoms with Crippen LogP contribution in [-0.2, 0) is 9.59 Å². The fourth-order valence-electron chi connectivity index (χ4n) is 3.41. The van der Waals surface area contributed by atoms with Gasteiger partial charge >= 0.3 is 0 Å². The lowest BCUT2D eigenvalue weighted by molar-refractivity contribution is -0.120. The third kappa shape index (κ3) is 4.23. The molecular weight excluding hydrogens is 445 g/mol. The van der Waals surface area contributed by atoms with Crippen LogP contribution in [0.5, 0.6) is 0 Å². The van der Waals surface area contributed by atoms with E-state index in [1.807, 2.05) is 19.9 Å². The minimum atomic E-state index is -0.612. The standard InChI is InChI=1S/C25H19ClFN3O3/c1-14-6-5-9-20(15(14)2)30-24(32)21(26)22(25(30)33)28-17-12-10-16(11-13-17)23(31)29-19-8-4-3-7-18(19)27/h3-13,28H,1-2H3,(H,29,31). The molecule has 3 amide bonds. The van der Waals surface area contributed by atoms with Gasteiger partial charge in [-0.1, -0.05) is 35.9 Å². The highest BCUT2D eigenvalue weighted by molar-refractivity contribution is 6.53. The van der Waals surface area contributed by atoms with Gasteiger partial charge in [0, 0.05) is 11.3 Å². The van der Waals surface area contributed by atoms with Crippen molar-refractivity contribution in [3.63, 3.8) is 0 Å². The number of nitrogens with zero attached hydrogens (tertiary/aromatic N) is 1. The van der Waals surface area contributed by atoms with Gasteiger partial charge in [-0.05, 0) is 67.4 Å². The molecule has 33 heavy (non-hydrogen) atoms. The predicted octanol–water partition coefficient (Wildman–Crippen LogP) is 5.13. The number of halogens is 2. The van der Waals surface area contributed by atoms with Crippen LogP contribution in [0.4, 0.5) is 21.5 Å². The number of amides is 3. The molecule has 1 heterocycles. The molecule has 0 atom stereocenters. The number of imide groups is 1. The topological polar surface area (TPSA) is 78.5 Å². The lowest BCUT2D eigenvalue weighted by Gasteiger charge is -2.18. The Hall–Kier alpha value is -3.97. The van der Waals surface area contributed by atoms with E-state index in [0.717, 1.165) is 16.0 Å². The third-order valence-electron chi connectivity index (χ3n) is 5.38. The fourth-order valence-corrected chi connectivity index (χ4v) is 3.63. The molecule has 8 heteroatoms. The normalized spacial score (nSPS) is 13.5. The maximum Gasteiger partial charge on any atom is 0.283 e. The molecule has 0 bridgehead atoms. The fraction of sp³-hybridized carbons (Fsp3) is 0.0800. The van der Waals surface area contributed by atoms with Gasteiger partial charge < -0.3 is 10.6 Å². The molecule has 166 valence electrons. The number of anilines is 3. The molecule has 6 nitrogen and oxygen atoms in total. The predicted molar refractivity (Wildman–Crippen MR) is 126 cm³/mol. The summed E-state index contributed by atoms with van der Waals surface area (Å²) >= 11 is 6.20. The van der Waals surface area contributed by atoms with Crippen molar-refractivity contribution < 1.29 is 18.8 Å². The second kappa shape index (κ2) is 8.88. The Bertz CT molecular complexity index is 1320. The van der Waals surface area contributed by atoms with E-state index in [0.29, 0.717) is 11.4 Å². The van der Waals surface area contributed by atoms with Crippen LogP contribution in [0.25, 0.3) is 0 Å². The van der Waals surface area contributed by atoms with Crippen LogP contribution < -0.4 is 15.5 Å². The van der Waals surface area contributed by atoms with Crippen molar-refractivity contribution in [1.82, 2.24) is 0 Å². The summed E-state index contributed by atoms with van der Waals surface area (Å²) in [4.78, 5) is 39.2. The number of nitrogens with one attached hydrogen (secondary N) is 2. The van der Waals surface area contributed by atoms with Crippen molar-refractivity contribution in [3.05, 3.63) is 100.0 Å². The first-order valence-corrected chi connectivity index (χ1v) is 10.4. The number of benzene rings is 3.